The van der Waals surface area contributed by atoms with Gasteiger partial charge in [-0.1, -0.05) is 41.9 Å². The van der Waals surface area contributed by atoms with Crippen LogP contribution in [0.1, 0.15) is 11.3 Å². The van der Waals surface area contributed by atoms with Crippen LogP contribution in [0.3, 0.4) is 0 Å². The van der Waals surface area contributed by atoms with E-state index in [0.29, 0.717) is 11.7 Å². The smallest absolute Gasteiger partial charge is 0.152 e. The number of hydrogen-bond donors (Lipinski definition) is 2. The lowest BCUT2D eigenvalue weighted by atomic mass is 10.1. The highest BCUT2D eigenvalue weighted by atomic mass is 35.5. The van der Waals surface area contributed by atoms with Crippen molar-refractivity contribution in [3.63, 3.8) is 0 Å². The highest BCUT2D eigenvalue weighted by Crippen LogP contribution is 2.23. The highest BCUT2D eigenvalue weighted by molar-refractivity contribution is 6.31. The van der Waals surface area contributed by atoms with Crippen molar-refractivity contribution in [1.29, 1.82) is 0 Å². The topological polar surface area (TPSA) is 66.5 Å². The molecule has 0 saturated heterocycles. The highest BCUT2D eigenvalue weighted by Gasteiger charge is 2.10. The number of aromatic nitrogens is 4. The third-order valence-corrected chi connectivity index (χ3v) is 3.39. The summed E-state index contributed by atoms with van der Waals surface area (Å²) in [4.78, 5) is 4.12. The van der Waals surface area contributed by atoms with Crippen LogP contribution in [0.15, 0.2) is 42.6 Å². The van der Waals surface area contributed by atoms with Crippen molar-refractivity contribution in [2.24, 2.45) is 0 Å². The predicted octanol–water partition coefficient (Wildman–Crippen LogP) is 3.44. The quantitative estimate of drug-likeness (QED) is 0.724. The van der Waals surface area contributed by atoms with Crippen LogP contribution in [0, 0.1) is 6.92 Å². The number of nitrogens with zero attached hydrogens (tertiary/aromatic N) is 3. The molecule has 5 nitrogen and oxygen atoms in total. The number of rotatable bonds is 4. The molecule has 106 valence electrons. The van der Waals surface area contributed by atoms with Gasteiger partial charge in [0, 0.05) is 11.8 Å². The second kappa shape index (κ2) is 5.93. The Morgan fingerprint density at radius 3 is 2.81 bits per heavy atom. The normalized spacial score (nSPS) is 10.6. The molecule has 0 saturated carbocycles. The van der Waals surface area contributed by atoms with E-state index in [0.717, 1.165) is 28.2 Å². The summed E-state index contributed by atoms with van der Waals surface area (Å²) >= 11 is 6.08. The van der Waals surface area contributed by atoms with Gasteiger partial charge in [0.2, 0.25) is 0 Å². The van der Waals surface area contributed by atoms with E-state index in [1.807, 2.05) is 43.3 Å². The minimum atomic E-state index is 0.449. The molecule has 0 aliphatic heterocycles. The standard InChI is InChI=1S/C15H14ClN5/c1-10-7-12(15(16)18-8-10)17-9-13-14(20-21-19-13)11-5-3-2-4-6-11/h2-8,17H,9H2,1H3,(H,19,20,21). The maximum absolute atomic E-state index is 6.08. The molecule has 0 aliphatic carbocycles. The number of benzene rings is 1. The van der Waals surface area contributed by atoms with Crippen molar-refractivity contribution in [2.75, 3.05) is 5.32 Å². The van der Waals surface area contributed by atoms with Crippen molar-refractivity contribution in [3.05, 3.63) is 59.0 Å². The van der Waals surface area contributed by atoms with Crippen molar-refractivity contribution >= 4 is 17.3 Å². The molecule has 6 heteroatoms. The van der Waals surface area contributed by atoms with Crippen molar-refractivity contribution in [2.45, 2.75) is 13.5 Å². The van der Waals surface area contributed by atoms with Gasteiger partial charge < -0.3 is 5.32 Å². The van der Waals surface area contributed by atoms with Gasteiger partial charge in [0.15, 0.2) is 5.15 Å². The van der Waals surface area contributed by atoms with Gasteiger partial charge in [-0.2, -0.15) is 15.4 Å². The summed E-state index contributed by atoms with van der Waals surface area (Å²) in [7, 11) is 0. The fourth-order valence-corrected chi connectivity index (χ4v) is 2.23. The number of hydrogen-bond acceptors (Lipinski definition) is 4. The molecule has 0 spiro atoms. The fourth-order valence-electron chi connectivity index (χ4n) is 2.06. The fraction of sp³-hybridized carbons (Fsp3) is 0.133. The summed E-state index contributed by atoms with van der Waals surface area (Å²) in [6, 6.07) is 11.9. The Morgan fingerprint density at radius 2 is 2.00 bits per heavy atom. The maximum Gasteiger partial charge on any atom is 0.152 e. The summed E-state index contributed by atoms with van der Waals surface area (Å²) in [5, 5.41) is 14.8. The minimum Gasteiger partial charge on any atom is -0.377 e. The largest absolute Gasteiger partial charge is 0.377 e. The monoisotopic (exact) mass is 299 g/mol. The van der Waals surface area contributed by atoms with Crippen LogP contribution in [0.5, 0.6) is 0 Å². The maximum atomic E-state index is 6.08. The van der Waals surface area contributed by atoms with E-state index in [1.165, 1.54) is 0 Å². The Bertz CT molecular complexity index is 739. The summed E-state index contributed by atoms with van der Waals surface area (Å²) < 4.78 is 0. The van der Waals surface area contributed by atoms with Crippen LogP contribution in [-0.2, 0) is 6.54 Å². The van der Waals surface area contributed by atoms with Gasteiger partial charge in [0.05, 0.1) is 12.2 Å². The zero-order chi connectivity index (χ0) is 14.7. The molecule has 2 N–H and O–H groups in total. The number of H-pyrrole nitrogens is 1. The van der Waals surface area contributed by atoms with E-state index >= 15 is 0 Å². The van der Waals surface area contributed by atoms with Gasteiger partial charge in [-0.25, -0.2) is 4.98 Å². The number of nitrogens with one attached hydrogen (secondary N) is 2. The van der Waals surface area contributed by atoms with Gasteiger partial charge in [-0.3, -0.25) is 0 Å². The van der Waals surface area contributed by atoms with E-state index in [4.69, 9.17) is 11.6 Å². The molecule has 0 radical (unpaired) electrons. The lowest BCUT2D eigenvalue weighted by Gasteiger charge is -2.08. The lowest BCUT2D eigenvalue weighted by molar-refractivity contribution is 0.911. The molecule has 0 aliphatic rings. The first-order valence-electron chi connectivity index (χ1n) is 6.55. The average molecular weight is 300 g/mol. The molecule has 2 aromatic heterocycles. The summed E-state index contributed by atoms with van der Waals surface area (Å²) in [6.07, 6.45) is 1.74. The number of aryl methyl sites for hydroxylation is 1. The van der Waals surface area contributed by atoms with Crippen molar-refractivity contribution in [3.8, 4) is 11.3 Å². The predicted molar refractivity (Wildman–Crippen MR) is 83.1 cm³/mol. The first-order chi connectivity index (χ1) is 10.2. The molecule has 0 fully saturated rings. The number of anilines is 1. The van der Waals surface area contributed by atoms with Crippen LogP contribution < -0.4 is 5.32 Å². The van der Waals surface area contributed by atoms with Gasteiger partial charge in [-0.15, -0.1) is 0 Å². The Morgan fingerprint density at radius 1 is 1.19 bits per heavy atom. The van der Waals surface area contributed by atoms with E-state index in [1.54, 1.807) is 6.20 Å². The molecule has 21 heavy (non-hydrogen) atoms. The van der Waals surface area contributed by atoms with Crippen LogP contribution in [0.4, 0.5) is 5.69 Å². The van der Waals surface area contributed by atoms with E-state index < -0.39 is 0 Å². The third kappa shape index (κ3) is 3.03. The molecule has 0 atom stereocenters. The number of pyridine rings is 1. The van der Waals surface area contributed by atoms with E-state index in [9.17, 15) is 0 Å². The summed E-state index contributed by atoms with van der Waals surface area (Å²) in [5.41, 5.74) is 4.53. The Balaban J connectivity index is 1.81. The number of aromatic amines is 1. The Labute approximate surface area is 127 Å². The van der Waals surface area contributed by atoms with Gasteiger partial charge >= 0.3 is 0 Å². The van der Waals surface area contributed by atoms with Gasteiger partial charge in [0.25, 0.3) is 0 Å². The molecule has 0 amide bonds. The molecular formula is C15H14ClN5. The zero-order valence-electron chi connectivity index (χ0n) is 11.5. The number of halogens is 1. The third-order valence-electron chi connectivity index (χ3n) is 3.09. The second-order valence-electron chi connectivity index (χ2n) is 4.69. The minimum absolute atomic E-state index is 0.449. The molecule has 1 aromatic carbocycles. The average Bonchev–Trinajstić information content (AvgIpc) is 2.97. The Hall–Kier alpha value is -2.40. The van der Waals surface area contributed by atoms with E-state index in [-0.39, 0.29) is 0 Å². The molecular weight excluding hydrogens is 286 g/mol. The molecule has 0 unspecified atom stereocenters. The van der Waals surface area contributed by atoms with Crippen LogP contribution in [0.25, 0.3) is 11.3 Å². The van der Waals surface area contributed by atoms with Crippen LogP contribution in [-0.4, -0.2) is 20.4 Å². The van der Waals surface area contributed by atoms with E-state index in [2.05, 4.69) is 25.7 Å². The second-order valence-corrected chi connectivity index (χ2v) is 5.05. The lowest BCUT2D eigenvalue weighted by Crippen LogP contribution is -2.03. The molecule has 0 bridgehead atoms. The summed E-state index contributed by atoms with van der Waals surface area (Å²) in [6.45, 7) is 2.49. The van der Waals surface area contributed by atoms with Crippen molar-refractivity contribution < 1.29 is 0 Å². The molecule has 3 rings (SSSR count). The van der Waals surface area contributed by atoms with Gasteiger partial charge in [-0.05, 0) is 18.6 Å². The van der Waals surface area contributed by atoms with Crippen LogP contribution >= 0.6 is 11.6 Å². The Kier molecular flexibility index (Phi) is 3.83. The summed E-state index contributed by atoms with van der Waals surface area (Å²) in [5.74, 6) is 0. The first kappa shape index (κ1) is 13.6. The van der Waals surface area contributed by atoms with Gasteiger partial charge in [0.1, 0.15) is 11.4 Å². The van der Waals surface area contributed by atoms with Crippen molar-refractivity contribution in [1.82, 2.24) is 20.4 Å². The van der Waals surface area contributed by atoms with Crippen LogP contribution in [0.2, 0.25) is 5.15 Å². The zero-order valence-corrected chi connectivity index (χ0v) is 12.2. The first-order valence-corrected chi connectivity index (χ1v) is 6.93. The molecule has 3 aromatic rings. The SMILES string of the molecule is Cc1cnc(Cl)c(NCc2n[nH]nc2-c2ccccc2)c1. The molecule has 2 heterocycles.